The molecule has 76 valence electrons. The Hall–Kier alpha value is -1.12. The highest BCUT2D eigenvalue weighted by molar-refractivity contribution is 6.30. The summed E-state index contributed by atoms with van der Waals surface area (Å²) in [7, 11) is 0. The van der Waals surface area contributed by atoms with Crippen LogP contribution < -0.4 is 0 Å². The van der Waals surface area contributed by atoms with E-state index in [4.69, 9.17) is 23.2 Å². The first-order valence-electron chi connectivity index (χ1n) is 4.45. The molecule has 0 bridgehead atoms. The van der Waals surface area contributed by atoms with Crippen LogP contribution in [0.2, 0.25) is 10.2 Å². The second kappa shape index (κ2) is 4.60. The molecule has 2 nitrogen and oxygen atoms in total. The van der Waals surface area contributed by atoms with Gasteiger partial charge in [-0.15, -0.1) is 0 Å². The fraction of sp³-hybridized carbons (Fsp3) is 0.0909. The van der Waals surface area contributed by atoms with E-state index in [0.717, 1.165) is 22.7 Å². The van der Waals surface area contributed by atoms with Gasteiger partial charge in [0, 0.05) is 17.1 Å². The van der Waals surface area contributed by atoms with Gasteiger partial charge in [0.15, 0.2) is 0 Å². The number of hydrogen-bond acceptors (Lipinski definition) is 2. The third kappa shape index (κ3) is 2.91. The van der Waals surface area contributed by atoms with Gasteiger partial charge >= 0.3 is 0 Å². The van der Waals surface area contributed by atoms with Gasteiger partial charge in [-0.1, -0.05) is 35.3 Å². The van der Waals surface area contributed by atoms with Gasteiger partial charge in [0.25, 0.3) is 0 Å². The van der Waals surface area contributed by atoms with Crippen molar-refractivity contribution in [2.24, 2.45) is 0 Å². The highest BCUT2D eigenvalue weighted by atomic mass is 35.5. The molecular weight excluding hydrogens is 231 g/mol. The third-order valence-corrected chi connectivity index (χ3v) is 2.45. The van der Waals surface area contributed by atoms with Crippen LogP contribution in [0.1, 0.15) is 11.3 Å². The lowest BCUT2D eigenvalue weighted by Gasteiger charge is -2.01. The normalized spacial score (nSPS) is 10.3. The van der Waals surface area contributed by atoms with E-state index in [0.29, 0.717) is 5.15 Å². The zero-order valence-electron chi connectivity index (χ0n) is 7.82. The van der Waals surface area contributed by atoms with Crippen molar-refractivity contribution in [1.29, 1.82) is 0 Å². The molecule has 2 aromatic rings. The largest absolute Gasteiger partial charge is 0.241 e. The fourth-order valence-electron chi connectivity index (χ4n) is 1.28. The first-order valence-corrected chi connectivity index (χ1v) is 5.20. The molecule has 0 N–H and O–H groups in total. The molecule has 0 unspecified atom stereocenters. The van der Waals surface area contributed by atoms with E-state index in [-0.39, 0.29) is 0 Å². The molecule has 0 saturated carbocycles. The Morgan fingerprint density at radius 1 is 1.00 bits per heavy atom. The zero-order valence-corrected chi connectivity index (χ0v) is 9.33. The van der Waals surface area contributed by atoms with Crippen molar-refractivity contribution in [3.05, 3.63) is 58.1 Å². The van der Waals surface area contributed by atoms with Gasteiger partial charge in [-0.3, -0.25) is 0 Å². The third-order valence-electron chi connectivity index (χ3n) is 1.99. The van der Waals surface area contributed by atoms with Gasteiger partial charge in [0.2, 0.25) is 0 Å². The van der Waals surface area contributed by atoms with Crippen LogP contribution >= 0.6 is 23.2 Å². The predicted molar refractivity (Wildman–Crippen MR) is 61.3 cm³/mol. The summed E-state index contributed by atoms with van der Waals surface area (Å²) in [5.41, 5.74) is 2.05. The number of aromatic nitrogens is 2. The number of halogens is 2. The molecule has 1 aromatic carbocycles. The van der Waals surface area contributed by atoms with Crippen LogP contribution in [0.5, 0.6) is 0 Å². The van der Waals surface area contributed by atoms with Crippen molar-refractivity contribution >= 4 is 23.2 Å². The minimum absolute atomic E-state index is 0.467. The Labute approximate surface area is 97.9 Å². The standard InChI is InChI=1S/C11H8Cl2N2/c12-9-3-1-8(2-4-9)5-10-6-11(13)15-7-14-10/h1-4,6-7H,5H2. The van der Waals surface area contributed by atoms with E-state index < -0.39 is 0 Å². The minimum Gasteiger partial charge on any atom is -0.241 e. The Morgan fingerprint density at radius 3 is 2.40 bits per heavy atom. The number of nitrogens with zero attached hydrogens (tertiary/aromatic N) is 2. The van der Waals surface area contributed by atoms with E-state index in [1.165, 1.54) is 6.33 Å². The van der Waals surface area contributed by atoms with E-state index in [9.17, 15) is 0 Å². The molecule has 0 aliphatic heterocycles. The molecule has 1 aromatic heterocycles. The lowest BCUT2D eigenvalue weighted by Crippen LogP contribution is -1.92. The number of hydrogen-bond donors (Lipinski definition) is 0. The van der Waals surface area contributed by atoms with E-state index in [2.05, 4.69) is 9.97 Å². The average molecular weight is 239 g/mol. The van der Waals surface area contributed by atoms with Crippen molar-refractivity contribution in [1.82, 2.24) is 9.97 Å². The summed E-state index contributed by atoms with van der Waals surface area (Å²) in [4.78, 5) is 7.96. The van der Waals surface area contributed by atoms with Crippen LogP contribution in [-0.2, 0) is 6.42 Å². The SMILES string of the molecule is Clc1ccc(Cc2cc(Cl)ncn2)cc1. The van der Waals surface area contributed by atoms with Gasteiger partial charge in [-0.05, 0) is 23.8 Å². The van der Waals surface area contributed by atoms with Crippen LogP contribution in [0.4, 0.5) is 0 Å². The quantitative estimate of drug-likeness (QED) is 0.751. The smallest absolute Gasteiger partial charge is 0.132 e. The topological polar surface area (TPSA) is 25.8 Å². The van der Waals surface area contributed by atoms with Crippen molar-refractivity contribution < 1.29 is 0 Å². The van der Waals surface area contributed by atoms with Gasteiger partial charge in [0.1, 0.15) is 11.5 Å². The summed E-state index contributed by atoms with van der Waals surface area (Å²) in [6, 6.07) is 9.42. The minimum atomic E-state index is 0.467. The van der Waals surface area contributed by atoms with E-state index in [1.807, 2.05) is 24.3 Å². The molecule has 0 aliphatic carbocycles. The summed E-state index contributed by atoms with van der Waals surface area (Å²) < 4.78 is 0. The zero-order chi connectivity index (χ0) is 10.7. The summed E-state index contributed by atoms with van der Waals surface area (Å²) in [6.45, 7) is 0. The summed E-state index contributed by atoms with van der Waals surface area (Å²) in [5, 5.41) is 1.20. The molecule has 0 saturated heterocycles. The maximum atomic E-state index is 5.79. The Morgan fingerprint density at radius 2 is 1.73 bits per heavy atom. The molecule has 1 heterocycles. The first-order chi connectivity index (χ1) is 7.24. The highest BCUT2D eigenvalue weighted by Gasteiger charge is 1.99. The Bertz CT molecular complexity index is 454. The second-order valence-corrected chi connectivity index (χ2v) is 3.96. The van der Waals surface area contributed by atoms with Crippen molar-refractivity contribution in [2.75, 3.05) is 0 Å². The van der Waals surface area contributed by atoms with Crippen LogP contribution in [0.25, 0.3) is 0 Å². The molecule has 0 amide bonds. The van der Waals surface area contributed by atoms with Crippen molar-refractivity contribution in [2.45, 2.75) is 6.42 Å². The number of benzene rings is 1. The molecule has 0 fully saturated rings. The maximum Gasteiger partial charge on any atom is 0.132 e. The maximum absolute atomic E-state index is 5.79. The molecule has 0 aliphatic rings. The van der Waals surface area contributed by atoms with Crippen LogP contribution in [0.15, 0.2) is 36.7 Å². The number of rotatable bonds is 2. The summed E-state index contributed by atoms with van der Waals surface area (Å²) in [5.74, 6) is 0. The lowest BCUT2D eigenvalue weighted by atomic mass is 10.1. The molecule has 0 spiro atoms. The summed E-state index contributed by atoms with van der Waals surface area (Å²) in [6.07, 6.45) is 2.20. The van der Waals surface area contributed by atoms with Crippen LogP contribution in [0, 0.1) is 0 Å². The molecule has 15 heavy (non-hydrogen) atoms. The Balaban J connectivity index is 2.18. The average Bonchev–Trinajstić information content (AvgIpc) is 2.22. The van der Waals surface area contributed by atoms with Crippen molar-refractivity contribution in [3.63, 3.8) is 0 Å². The first kappa shape index (κ1) is 10.4. The summed E-state index contributed by atoms with van der Waals surface area (Å²) >= 11 is 11.6. The molecule has 4 heteroatoms. The Kier molecular flexibility index (Phi) is 3.19. The predicted octanol–water partition coefficient (Wildman–Crippen LogP) is 3.37. The van der Waals surface area contributed by atoms with Gasteiger partial charge < -0.3 is 0 Å². The molecular formula is C11H8Cl2N2. The highest BCUT2D eigenvalue weighted by Crippen LogP contribution is 2.13. The van der Waals surface area contributed by atoms with Crippen LogP contribution in [-0.4, -0.2) is 9.97 Å². The fourth-order valence-corrected chi connectivity index (χ4v) is 1.57. The molecule has 0 atom stereocenters. The second-order valence-electron chi connectivity index (χ2n) is 3.14. The van der Waals surface area contributed by atoms with Crippen molar-refractivity contribution in [3.8, 4) is 0 Å². The lowest BCUT2D eigenvalue weighted by molar-refractivity contribution is 1.03. The van der Waals surface area contributed by atoms with Gasteiger partial charge in [0.05, 0.1) is 0 Å². The molecule has 0 radical (unpaired) electrons. The molecule has 2 rings (SSSR count). The monoisotopic (exact) mass is 238 g/mol. The van der Waals surface area contributed by atoms with Crippen LogP contribution in [0.3, 0.4) is 0 Å². The van der Waals surface area contributed by atoms with E-state index >= 15 is 0 Å². The van der Waals surface area contributed by atoms with Gasteiger partial charge in [-0.25, -0.2) is 9.97 Å². The van der Waals surface area contributed by atoms with E-state index in [1.54, 1.807) is 6.07 Å². The van der Waals surface area contributed by atoms with Gasteiger partial charge in [-0.2, -0.15) is 0 Å².